The average molecular weight is 243 g/mol. The third-order valence-electron chi connectivity index (χ3n) is 3.40. The van der Waals surface area contributed by atoms with E-state index in [1.165, 1.54) is 6.07 Å². The van der Waals surface area contributed by atoms with Gasteiger partial charge >= 0.3 is 0 Å². The van der Waals surface area contributed by atoms with Crippen LogP contribution in [0.4, 0.5) is 4.39 Å². The van der Waals surface area contributed by atoms with E-state index in [0.717, 1.165) is 24.8 Å². The molecule has 1 aliphatic rings. The van der Waals surface area contributed by atoms with Gasteiger partial charge in [-0.05, 0) is 30.5 Å². The fraction of sp³-hybridized carbons (Fsp3) is 0.429. The SMILES string of the molecule is N#Cc1cc(CN[C@@H]2CCC[C@H]2C#N)ccc1F. The highest BCUT2D eigenvalue weighted by Gasteiger charge is 2.26. The van der Waals surface area contributed by atoms with Crippen molar-refractivity contribution in [3.63, 3.8) is 0 Å². The number of nitrogens with one attached hydrogen (secondary N) is 1. The van der Waals surface area contributed by atoms with Gasteiger partial charge in [0.15, 0.2) is 0 Å². The summed E-state index contributed by atoms with van der Waals surface area (Å²) in [6.45, 7) is 0.567. The molecule has 0 bridgehead atoms. The summed E-state index contributed by atoms with van der Waals surface area (Å²) in [5, 5.41) is 21.0. The second-order valence-electron chi connectivity index (χ2n) is 4.58. The second-order valence-corrected chi connectivity index (χ2v) is 4.58. The number of nitriles is 2. The summed E-state index contributed by atoms with van der Waals surface area (Å²) in [4.78, 5) is 0. The Morgan fingerprint density at radius 3 is 2.89 bits per heavy atom. The molecule has 2 atom stereocenters. The molecule has 1 aromatic carbocycles. The molecule has 0 heterocycles. The lowest BCUT2D eigenvalue weighted by molar-refractivity contribution is 0.464. The average Bonchev–Trinajstić information content (AvgIpc) is 2.85. The van der Waals surface area contributed by atoms with Crippen molar-refractivity contribution in [1.29, 1.82) is 10.5 Å². The largest absolute Gasteiger partial charge is 0.309 e. The predicted octanol–water partition coefficient (Wildman–Crippen LogP) is 2.48. The summed E-state index contributed by atoms with van der Waals surface area (Å²) in [6, 6.07) is 8.88. The first-order chi connectivity index (χ1) is 8.74. The van der Waals surface area contributed by atoms with Gasteiger partial charge in [0.05, 0.1) is 17.6 Å². The summed E-state index contributed by atoms with van der Waals surface area (Å²) in [7, 11) is 0. The number of hydrogen-bond donors (Lipinski definition) is 1. The van der Waals surface area contributed by atoms with E-state index in [-0.39, 0.29) is 17.5 Å². The van der Waals surface area contributed by atoms with Crippen LogP contribution in [-0.2, 0) is 6.54 Å². The van der Waals surface area contributed by atoms with Crippen molar-refractivity contribution in [2.45, 2.75) is 31.8 Å². The maximum absolute atomic E-state index is 13.1. The first kappa shape index (κ1) is 12.5. The molecule has 1 N–H and O–H groups in total. The molecule has 1 fully saturated rings. The van der Waals surface area contributed by atoms with Gasteiger partial charge in [0.1, 0.15) is 11.9 Å². The van der Waals surface area contributed by atoms with Crippen LogP contribution in [0.1, 0.15) is 30.4 Å². The maximum Gasteiger partial charge on any atom is 0.140 e. The van der Waals surface area contributed by atoms with Gasteiger partial charge in [0.2, 0.25) is 0 Å². The van der Waals surface area contributed by atoms with Crippen molar-refractivity contribution in [1.82, 2.24) is 5.32 Å². The van der Waals surface area contributed by atoms with E-state index < -0.39 is 5.82 Å². The third-order valence-corrected chi connectivity index (χ3v) is 3.40. The molecule has 0 spiro atoms. The summed E-state index contributed by atoms with van der Waals surface area (Å²) in [5.41, 5.74) is 0.939. The Bertz CT molecular complexity index is 513. The fourth-order valence-electron chi connectivity index (χ4n) is 2.38. The van der Waals surface area contributed by atoms with E-state index in [0.29, 0.717) is 6.54 Å². The molecule has 4 heteroatoms. The van der Waals surface area contributed by atoms with Crippen molar-refractivity contribution < 1.29 is 4.39 Å². The zero-order valence-electron chi connectivity index (χ0n) is 9.99. The Morgan fingerprint density at radius 2 is 2.17 bits per heavy atom. The van der Waals surface area contributed by atoms with E-state index in [2.05, 4.69) is 11.4 Å². The molecular formula is C14H14FN3. The Hall–Kier alpha value is -1.91. The minimum Gasteiger partial charge on any atom is -0.309 e. The molecule has 1 aromatic rings. The van der Waals surface area contributed by atoms with Gasteiger partial charge in [-0.15, -0.1) is 0 Å². The van der Waals surface area contributed by atoms with Crippen molar-refractivity contribution in [2.75, 3.05) is 0 Å². The monoisotopic (exact) mass is 243 g/mol. The molecule has 2 rings (SSSR count). The van der Waals surface area contributed by atoms with Gasteiger partial charge in [0, 0.05) is 12.6 Å². The van der Waals surface area contributed by atoms with Crippen LogP contribution in [0.3, 0.4) is 0 Å². The highest BCUT2D eigenvalue weighted by Crippen LogP contribution is 2.25. The zero-order chi connectivity index (χ0) is 13.0. The number of hydrogen-bond acceptors (Lipinski definition) is 3. The summed E-state index contributed by atoms with van der Waals surface area (Å²) < 4.78 is 13.1. The van der Waals surface area contributed by atoms with Crippen LogP contribution in [0.15, 0.2) is 18.2 Å². The van der Waals surface area contributed by atoms with Crippen LogP contribution >= 0.6 is 0 Å². The quantitative estimate of drug-likeness (QED) is 0.887. The van der Waals surface area contributed by atoms with E-state index >= 15 is 0 Å². The normalized spacial score (nSPS) is 22.4. The molecule has 0 aromatic heterocycles. The minimum absolute atomic E-state index is 0.0672. The molecule has 0 amide bonds. The Kier molecular flexibility index (Phi) is 3.92. The molecule has 0 radical (unpaired) electrons. The highest BCUT2D eigenvalue weighted by molar-refractivity contribution is 5.34. The summed E-state index contributed by atoms with van der Waals surface area (Å²) in [6.07, 6.45) is 3.02. The van der Waals surface area contributed by atoms with Crippen molar-refractivity contribution >= 4 is 0 Å². The molecule has 0 unspecified atom stereocenters. The van der Waals surface area contributed by atoms with Crippen LogP contribution in [0.5, 0.6) is 0 Å². The summed E-state index contributed by atoms with van der Waals surface area (Å²) >= 11 is 0. The van der Waals surface area contributed by atoms with Gasteiger partial charge in [-0.3, -0.25) is 0 Å². The molecule has 1 saturated carbocycles. The number of rotatable bonds is 3. The van der Waals surface area contributed by atoms with Gasteiger partial charge in [-0.25, -0.2) is 4.39 Å². The topological polar surface area (TPSA) is 59.6 Å². The maximum atomic E-state index is 13.1. The van der Waals surface area contributed by atoms with Gasteiger partial charge in [-0.1, -0.05) is 12.5 Å². The predicted molar refractivity (Wildman–Crippen MR) is 64.7 cm³/mol. The highest BCUT2D eigenvalue weighted by atomic mass is 19.1. The second kappa shape index (κ2) is 5.62. The molecule has 1 aliphatic carbocycles. The van der Waals surface area contributed by atoms with E-state index in [1.54, 1.807) is 12.1 Å². The Labute approximate surface area is 106 Å². The van der Waals surface area contributed by atoms with Crippen molar-refractivity contribution in [3.8, 4) is 12.1 Å². The first-order valence-corrected chi connectivity index (χ1v) is 6.06. The Morgan fingerprint density at radius 1 is 1.33 bits per heavy atom. The minimum atomic E-state index is -0.489. The molecule has 18 heavy (non-hydrogen) atoms. The molecule has 3 nitrogen and oxygen atoms in total. The fourth-order valence-corrected chi connectivity index (χ4v) is 2.38. The van der Waals surface area contributed by atoms with Crippen molar-refractivity contribution in [3.05, 3.63) is 35.1 Å². The Balaban J connectivity index is 1.99. The number of benzene rings is 1. The first-order valence-electron chi connectivity index (χ1n) is 6.06. The standard InChI is InChI=1S/C14H14FN3/c15-13-5-4-10(6-12(13)8-17)9-18-14-3-1-2-11(14)7-16/h4-6,11,14,18H,1-3,9H2/t11-,14+/m0/s1. The molecule has 0 aliphatic heterocycles. The van der Waals surface area contributed by atoms with Gasteiger partial charge in [-0.2, -0.15) is 10.5 Å². The van der Waals surface area contributed by atoms with E-state index in [4.69, 9.17) is 10.5 Å². The molecule has 92 valence electrons. The van der Waals surface area contributed by atoms with Crippen LogP contribution in [0.25, 0.3) is 0 Å². The number of nitrogens with zero attached hydrogens (tertiary/aromatic N) is 2. The van der Waals surface area contributed by atoms with Crippen LogP contribution < -0.4 is 5.32 Å². The molecular weight excluding hydrogens is 229 g/mol. The van der Waals surface area contributed by atoms with Gasteiger partial charge < -0.3 is 5.32 Å². The van der Waals surface area contributed by atoms with Gasteiger partial charge in [0.25, 0.3) is 0 Å². The lowest BCUT2D eigenvalue weighted by Crippen LogP contribution is -2.31. The third kappa shape index (κ3) is 2.67. The van der Waals surface area contributed by atoms with Crippen LogP contribution in [-0.4, -0.2) is 6.04 Å². The molecule has 0 saturated heterocycles. The van der Waals surface area contributed by atoms with Crippen LogP contribution in [0, 0.1) is 34.4 Å². The van der Waals surface area contributed by atoms with E-state index in [1.807, 2.05) is 6.07 Å². The van der Waals surface area contributed by atoms with Crippen molar-refractivity contribution in [2.24, 2.45) is 5.92 Å². The van der Waals surface area contributed by atoms with Crippen LogP contribution in [0.2, 0.25) is 0 Å². The lowest BCUT2D eigenvalue weighted by atomic mass is 10.1. The number of halogens is 1. The van der Waals surface area contributed by atoms with E-state index in [9.17, 15) is 4.39 Å². The zero-order valence-corrected chi connectivity index (χ0v) is 9.99. The summed E-state index contributed by atoms with van der Waals surface area (Å²) in [5.74, 6) is -0.419. The smallest absolute Gasteiger partial charge is 0.140 e. The lowest BCUT2D eigenvalue weighted by Gasteiger charge is -2.15.